The third-order valence-electron chi connectivity index (χ3n) is 1.08. The number of carbonyl (C=O) groups is 1. The van der Waals surface area contributed by atoms with Crippen molar-refractivity contribution in [1.82, 2.24) is 5.32 Å². The molecule has 0 saturated heterocycles. The van der Waals surface area contributed by atoms with Crippen molar-refractivity contribution in [2.24, 2.45) is 0 Å². The summed E-state index contributed by atoms with van der Waals surface area (Å²) in [5, 5.41) is 2.62. The maximum atomic E-state index is 10.6. The van der Waals surface area contributed by atoms with Crippen LogP contribution in [-0.4, -0.2) is 19.2 Å². The van der Waals surface area contributed by atoms with Crippen molar-refractivity contribution in [3.05, 3.63) is 0 Å². The highest BCUT2D eigenvalue weighted by Gasteiger charge is 1.95. The van der Waals surface area contributed by atoms with Gasteiger partial charge in [0.1, 0.15) is 0 Å². The number of rotatable bonds is 4. The topological polar surface area (TPSA) is 38.3 Å². The van der Waals surface area contributed by atoms with Gasteiger partial charge in [0.05, 0.1) is 6.61 Å². The molecule has 0 aromatic rings. The lowest BCUT2D eigenvalue weighted by molar-refractivity contribution is 0.152. The zero-order chi connectivity index (χ0) is 7.82. The summed E-state index contributed by atoms with van der Waals surface area (Å²) in [6.45, 7) is 5.03. The second-order valence-corrected chi connectivity index (χ2v) is 2.00. The molecule has 10 heavy (non-hydrogen) atoms. The van der Waals surface area contributed by atoms with Gasteiger partial charge in [0.25, 0.3) is 0 Å². The minimum atomic E-state index is -0.309. The average molecular weight is 147 g/mol. The van der Waals surface area contributed by atoms with E-state index in [-0.39, 0.29) is 7.52 Å². The zero-order valence-electron chi connectivity index (χ0n) is 6.64. The molecular weight excluding hydrogens is 130 g/mol. The van der Waals surface area contributed by atoms with Crippen molar-refractivity contribution in [3.63, 3.8) is 0 Å². The monoisotopic (exact) mass is 147 g/mol. The van der Waals surface area contributed by atoms with Crippen LogP contribution < -0.4 is 5.32 Å². The fourth-order valence-electron chi connectivity index (χ4n) is 0.549. The number of nitrogens with one attached hydrogen (secondary N) is 1. The third kappa shape index (κ3) is 5.41. The van der Waals surface area contributed by atoms with Crippen LogP contribution in [0.15, 0.2) is 0 Å². The van der Waals surface area contributed by atoms with Gasteiger partial charge in [-0.2, -0.15) is 0 Å². The first-order valence-electron chi connectivity index (χ1n) is 3.71. The van der Waals surface area contributed by atoms with E-state index in [2.05, 4.69) is 17.0 Å². The van der Waals surface area contributed by atoms with E-state index >= 15 is 0 Å². The van der Waals surface area contributed by atoms with E-state index in [1.807, 2.05) is 0 Å². The summed E-state index contributed by atoms with van der Waals surface area (Å²) in [6, 6.07) is 0. The molecule has 0 heterocycles. The number of amides is 1. The molecule has 0 aliphatic heterocycles. The largest absolute Gasteiger partial charge is 0.450 e. The normalized spacial score (nSPS) is 9.00. The molecule has 62 valence electrons. The van der Waals surface area contributed by atoms with Crippen molar-refractivity contribution >= 4 is 6.09 Å². The van der Waals surface area contributed by atoms with Gasteiger partial charge >= 0.3 is 6.09 Å². The summed E-state index contributed by atoms with van der Waals surface area (Å²) in [4.78, 5) is 10.6. The molecular formula is C7H17NO2. The molecule has 3 nitrogen and oxygen atoms in total. The molecule has 0 aromatic heterocycles. The lowest BCUT2D eigenvalue weighted by atomic mass is 10.3. The summed E-state index contributed by atoms with van der Waals surface area (Å²) < 4.78 is 4.64. The Hall–Kier alpha value is -0.730. The highest BCUT2D eigenvalue weighted by atomic mass is 16.5. The van der Waals surface area contributed by atoms with Gasteiger partial charge < -0.3 is 10.1 Å². The van der Waals surface area contributed by atoms with Gasteiger partial charge in [-0.15, -0.1) is 0 Å². The molecule has 0 saturated carbocycles. The van der Waals surface area contributed by atoms with Crippen molar-refractivity contribution in [1.29, 1.82) is 0 Å². The van der Waals surface area contributed by atoms with Crippen LogP contribution in [0.3, 0.4) is 0 Å². The van der Waals surface area contributed by atoms with E-state index in [0.717, 1.165) is 19.4 Å². The van der Waals surface area contributed by atoms with Crippen LogP contribution in [-0.2, 0) is 4.74 Å². The lowest BCUT2D eigenvalue weighted by Crippen LogP contribution is -2.24. The molecule has 0 fully saturated rings. The summed E-state index contributed by atoms with van der Waals surface area (Å²) >= 11 is 0. The van der Waals surface area contributed by atoms with Gasteiger partial charge in [-0.05, 0) is 13.3 Å². The Morgan fingerprint density at radius 2 is 2.30 bits per heavy atom. The smallest absolute Gasteiger partial charge is 0.407 e. The summed E-state index contributed by atoms with van der Waals surface area (Å²) in [6.07, 6.45) is 1.79. The van der Waals surface area contributed by atoms with Crippen LogP contribution in [0.5, 0.6) is 0 Å². The van der Waals surface area contributed by atoms with Gasteiger partial charge in [0.2, 0.25) is 0 Å². The first-order chi connectivity index (χ1) is 4.81. The Labute approximate surface area is 63.2 Å². The molecule has 0 radical (unpaired) electrons. The fraction of sp³-hybridized carbons (Fsp3) is 0.857. The molecule has 1 N–H and O–H groups in total. The fourth-order valence-corrected chi connectivity index (χ4v) is 0.549. The van der Waals surface area contributed by atoms with Crippen LogP contribution in [0.4, 0.5) is 4.79 Å². The molecule has 0 rings (SSSR count). The van der Waals surface area contributed by atoms with Gasteiger partial charge in [-0.25, -0.2) is 4.79 Å². The van der Waals surface area contributed by atoms with Crippen molar-refractivity contribution in [3.8, 4) is 0 Å². The van der Waals surface area contributed by atoms with E-state index < -0.39 is 0 Å². The molecule has 0 aromatic carbocycles. The van der Waals surface area contributed by atoms with E-state index in [1.165, 1.54) is 0 Å². The Morgan fingerprint density at radius 1 is 1.60 bits per heavy atom. The standard InChI is InChI=1S/C7H15NO2.H2/c1-3-5-6-8-7(9)10-4-2;/h3-6H2,1-2H3,(H,8,9);1H. The van der Waals surface area contributed by atoms with Gasteiger partial charge in [-0.1, -0.05) is 13.3 Å². The van der Waals surface area contributed by atoms with E-state index in [1.54, 1.807) is 6.92 Å². The Morgan fingerprint density at radius 3 is 2.80 bits per heavy atom. The SMILES string of the molecule is CCCCNC(=O)OCC.[HH]. The molecule has 1 amide bonds. The number of unbranched alkanes of at least 4 members (excludes halogenated alkanes) is 1. The highest BCUT2D eigenvalue weighted by Crippen LogP contribution is 1.83. The van der Waals surface area contributed by atoms with Crippen LogP contribution in [0.2, 0.25) is 0 Å². The highest BCUT2D eigenvalue weighted by molar-refractivity contribution is 5.66. The van der Waals surface area contributed by atoms with Crippen LogP contribution in [0, 0.1) is 0 Å². The maximum absolute atomic E-state index is 10.6. The first kappa shape index (κ1) is 9.27. The Kier molecular flexibility index (Phi) is 5.92. The minimum absolute atomic E-state index is 0. The van der Waals surface area contributed by atoms with Crippen LogP contribution >= 0.6 is 0 Å². The second-order valence-electron chi connectivity index (χ2n) is 2.00. The second kappa shape index (κ2) is 6.39. The van der Waals surface area contributed by atoms with Crippen molar-refractivity contribution < 1.29 is 11.0 Å². The molecule has 0 aliphatic rings. The number of hydrogen-bond donors (Lipinski definition) is 1. The quantitative estimate of drug-likeness (QED) is 0.615. The molecule has 0 spiro atoms. The number of alkyl carbamates (subject to hydrolysis) is 1. The maximum Gasteiger partial charge on any atom is 0.407 e. The van der Waals surface area contributed by atoms with Gasteiger partial charge in [-0.3, -0.25) is 0 Å². The van der Waals surface area contributed by atoms with E-state index in [9.17, 15) is 4.79 Å². The number of hydrogen-bond acceptors (Lipinski definition) is 2. The predicted octanol–water partition coefficient (Wildman–Crippen LogP) is 1.78. The summed E-state index contributed by atoms with van der Waals surface area (Å²) in [7, 11) is 0. The molecule has 3 heteroatoms. The van der Waals surface area contributed by atoms with E-state index in [4.69, 9.17) is 0 Å². The number of carbonyl (C=O) groups excluding carboxylic acids is 1. The first-order valence-corrected chi connectivity index (χ1v) is 3.71. The zero-order valence-corrected chi connectivity index (χ0v) is 6.64. The summed E-state index contributed by atoms with van der Waals surface area (Å²) in [5.74, 6) is 0. The molecule has 0 atom stereocenters. The van der Waals surface area contributed by atoms with Crippen molar-refractivity contribution in [2.45, 2.75) is 26.7 Å². The van der Waals surface area contributed by atoms with Gasteiger partial charge in [0, 0.05) is 7.97 Å². The molecule has 0 bridgehead atoms. The van der Waals surface area contributed by atoms with Gasteiger partial charge in [0.15, 0.2) is 0 Å². The number of ether oxygens (including phenoxy) is 1. The van der Waals surface area contributed by atoms with Crippen molar-refractivity contribution in [2.75, 3.05) is 13.2 Å². The minimum Gasteiger partial charge on any atom is -0.450 e. The molecule has 0 unspecified atom stereocenters. The Balaban J connectivity index is 0. The third-order valence-corrected chi connectivity index (χ3v) is 1.08. The lowest BCUT2D eigenvalue weighted by Gasteiger charge is -2.02. The average Bonchev–Trinajstić information content (AvgIpc) is 1.89. The van der Waals surface area contributed by atoms with Crippen LogP contribution in [0.1, 0.15) is 28.1 Å². The molecule has 0 aliphatic carbocycles. The van der Waals surface area contributed by atoms with Crippen LogP contribution in [0.25, 0.3) is 0 Å². The predicted molar refractivity (Wildman–Crippen MR) is 42.0 cm³/mol. The Bertz CT molecular complexity index is 98.4. The summed E-state index contributed by atoms with van der Waals surface area (Å²) in [5.41, 5.74) is 0. The van der Waals surface area contributed by atoms with E-state index in [0.29, 0.717) is 6.61 Å².